The molecular formula is C17H27N5O3. The maximum Gasteiger partial charge on any atom is 0.318 e. The van der Waals surface area contributed by atoms with E-state index in [-0.39, 0.29) is 17.9 Å². The number of morpholine rings is 1. The average molecular weight is 349 g/mol. The Morgan fingerprint density at radius 2 is 2.16 bits per heavy atom. The number of amides is 3. The van der Waals surface area contributed by atoms with Crippen LogP contribution < -0.4 is 5.32 Å². The number of carbonyl (C=O) groups is 2. The van der Waals surface area contributed by atoms with Gasteiger partial charge in [0.1, 0.15) is 6.04 Å². The molecule has 0 aromatic carbocycles. The monoisotopic (exact) mass is 349 g/mol. The van der Waals surface area contributed by atoms with Crippen LogP contribution in [0.5, 0.6) is 0 Å². The fraction of sp³-hybridized carbons (Fsp3) is 0.706. The van der Waals surface area contributed by atoms with Gasteiger partial charge in [-0.25, -0.2) is 4.79 Å². The molecule has 138 valence electrons. The Morgan fingerprint density at radius 3 is 2.84 bits per heavy atom. The third-order valence-electron chi connectivity index (χ3n) is 5.00. The molecule has 0 radical (unpaired) electrons. The number of urea groups is 1. The van der Waals surface area contributed by atoms with E-state index in [4.69, 9.17) is 4.74 Å². The first-order valence-corrected chi connectivity index (χ1v) is 9.10. The number of aromatic amines is 1. The highest BCUT2D eigenvalue weighted by Gasteiger charge is 2.30. The summed E-state index contributed by atoms with van der Waals surface area (Å²) < 4.78 is 5.29. The Balaban J connectivity index is 1.56. The van der Waals surface area contributed by atoms with Gasteiger partial charge in [-0.1, -0.05) is 6.92 Å². The Labute approximate surface area is 147 Å². The van der Waals surface area contributed by atoms with Crippen LogP contribution in [0.3, 0.4) is 0 Å². The van der Waals surface area contributed by atoms with Crippen molar-refractivity contribution in [1.29, 1.82) is 0 Å². The van der Waals surface area contributed by atoms with Gasteiger partial charge in [0.2, 0.25) is 5.91 Å². The van der Waals surface area contributed by atoms with Crippen molar-refractivity contribution in [3.63, 3.8) is 0 Å². The smallest absolute Gasteiger partial charge is 0.318 e. The lowest BCUT2D eigenvalue weighted by Crippen LogP contribution is -2.55. The van der Waals surface area contributed by atoms with Crippen LogP contribution in [0.2, 0.25) is 0 Å². The molecule has 0 saturated carbocycles. The lowest BCUT2D eigenvalue weighted by Gasteiger charge is -2.34. The van der Waals surface area contributed by atoms with Crippen LogP contribution in [0.1, 0.15) is 37.8 Å². The van der Waals surface area contributed by atoms with E-state index in [9.17, 15) is 9.59 Å². The van der Waals surface area contributed by atoms with Crippen molar-refractivity contribution in [2.75, 3.05) is 39.4 Å². The first-order valence-electron chi connectivity index (χ1n) is 9.10. The van der Waals surface area contributed by atoms with Crippen molar-refractivity contribution in [1.82, 2.24) is 25.3 Å². The van der Waals surface area contributed by atoms with Crippen LogP contribution >= 0.6 is 0 Å². The number of rotatable bonds is 4. The van der Waals surface area contributed by atoms with Crippen LogP contribution in [-0.2, 0) is 9.53 Å². The molecule has 2 aliphatic heterocycles. The average Bonchev–Trinajstić information content (AvgIpc) is 3.21. The molecule has 2 fully saturated rings. The van der Waals surface area contributed by atoms with E-state index in [0.29, 0.717) is 39.3 Å². The van der Waals surface area contributed by atoms with E-state index in [0.717, 1.165) is 25.1 Å². The number of hydrogen-bond donors (Lipinski definition) is 2. The van der Waals surface area contributed by atoms with Crippen molar-refractivity contribution >= 4 is 11.9 Å². The van der Waals surface area contributed by atoms with Gasteiger partial charge < -0.3 is 19.9 Å². The maximum atomic E-state index is 12.7. The molecule has 2 atom stereocenters. The molecule has 8 heteroatoms. The maximum absolute atomic E-state index is 12.7. The molecule has 1 aromatic rings. The van der Waals surface area contributed by atoms with Gasteiger partial charge in [0.05, 0.1) is 13.2 Å². The van der Waals surface area contributed by atoms with Gasteiger partial charge in [-0.15, -0.1) is 0 Å². The second-order valence-electron chi connectivity index (χ2n) is 6.65. The zero-order valence-electron chi connectivity index (χ0n) is 14.7. The number of aromatic nitrogens is 2. The van der Waals surface area contributed by atoms with Crippen molar-refractivity contribution in [3.8, 4) is 0 Å². The highest BCUT2D eigenvalue weighted by molar-refractivity contribution is 5.87. The van der Waals surface area contributed by atoms with E-state index >= 15 is 0 Å². The molecule has 0 spiro atoms. The summed E-state index contributed by atoms with van der Waals surface area (Å²) >= 11 is 0. The van der Waals surface area contributed by atoms with Crippen LogP contribution in [-0.4, -0.2) is 77.4 Å². The molecule has 0 aliphatic carbocycles. The molecule has 2 aliphatic rings. The van der Waals surface area contributed by atoms with Crippen molar-refractivity contribution < 1.29 is 14.3 Å². The number of nitrogens with one attached hydrogen (secondary N) is 2. The number of hydrogen-bond acceptors (Lipinski definition) is 4. The molecule has 0 unspecified atom stereocenters. The molecule has 1 aromatic heterocycles. The second kappa shape index (κ2) is 8.33. The minimum absolute atomic E-state index is 0.0127. The Hall–Kier alpha value is -2.09. The van der Waals surface area contributed by atoms with Crippen molar-refractivity contribution in [3.05, 3.63) is 18.0 Å². The molecule has 3 heterocycles. The fourth-order valence-corrected chi connectivity index (χ4v) is 3.49. The van der Waals surface area contributed by atoms with E-state index in [2.05, 4.69) is 15.5 Å². The second-order valence-corrected chi connectivity index (χ2v) is 6.65. The molecular weight excluding hydrogens is 322 g/mol. The van der Waals surface area contributed by atoms with Gasteiger partial charge in [0.25, 0.3) is 0 Å². The molecule has 0 bridgehead atoms. The van der Waals surface area contributed by atoms with Crippen LogP contribution in [0.25, 0.3) is 0 Å². The van der Waals surface area contributed by atoms with Gasteiger partial charge in [0.15, 0.2) is 0 Å². The molecule has 3 rings (SSSR count). The quantitative estimate of drug-likeness (QED) is 0.846. The van der Waals surface area contributed by atoms with E-state index in [1.807, 2.05) is 17.9 Å². The molecule has 3 amide bonds. The highest BCUT2D eigenvalue weighted by atomic mass is 16.5. The zero-order valence-corrected chi connectivity index (χ0v) is 14.7. The predicted octanol–water partition coefficient (Wildman–Crippen LogP) is 0.936. The third kappa shape index (κ3) is 4.31. The number of nitrogens with zero attached hydrogens (tertiary/aromatic N) is 3. The third-order valence-corrected chi connectivity index (χ3v) is 5.00. The first-order chi connectivity index (χ1) is 12.2. The molecule has 2 N–H and O–H groups in total. The summed E-state index contributed by atoms with van der Waals surface area (Å²) in [6, 6.07) is 1.33. The number of carbonyl (C=O) groups excluding carboxylic acids is 2. The lowest BCUT2D eigenvalue weighted by molar-refractivity contribution is -0.137. The Kier molecular flexibility index (Phi) is 5.91. The Morgan fingerprint density at radius 1 is 1.36 bits per heavy atom. The van der Waals surface area contributed by atoms with Gasteiger partial charge in [0, 0.05) is 44.0 Å². The summed E-state index contributed by atoms with van der Waals surface area (Å²) in [5.74, 6) is 0.262. The van der Waals surface area contributed by atoms with E-state index in [1.54, 1.807) is 11.1 Å². The zero-order chi connectivity index (χ0) is 17.6. The lowest BCUT2D eigenvalue weighted by atomic mass is 9.95. The number of ether oxygens (including phenoxy) is 1. The topological polar surface area (TPSA) is 90.6 Å². The minimum Gasteiger partial charge on any atom is -0.378 e. The SMILES string of the molecule is CC[C@@H](NC(=O)N1CCC[C@H](c2ccn[nH]2)C1)C(=O)N1CCOCC1. The summed E-state index contributed by atoms with van der Waals surface area (Å²) in [4.78, 5) is 28.9. The van der Waals surface area contributed by atoms with Gasteiger partial charge in [-0.2, -0.15) is 5.10 Å². The highest BCUT2D eigenvalue weighted by Crippen LogP contribution is 2.25. The Bertz CT molecular complexity index is 571. The van der Waals surface area contributed by atoms with Crippen molar-refractivity contribution in [2.24, 2.45) is 0 Å². The van der Waals surface area contributed by atoms with Crippen molar-refractivity contribution in [2.45, 2.75) is 38.1 Å². The number of likely N-dealkylation sites (tertiary alicyclic amines) is 1. The largest absolute Gasteiger partial charge is 0.378 e. The van der Waals surface area contributed by atoms with Gasteiger partial charge in [-0.3, -0.25) is 9.89 Å². The van der Waals surface area contributed by atoms with E-state index < -0.39 is 6.04 Å². The summed E-state index contributed by atoms with van der Waals surface area (Å²) in [5.41, 5.74) is 1.06. The summed E-state index contributed by atoms with van der Waals surface area (Å²) in [5, 5.41) is 9.93. The number of H-pyrrole nitrogens is 1. The number of piperidine rings is 1. The molecule has 2 saturated heterocycles. The van der Waals surface area contributed by atoms with E-state index in [1.165, 1.54) is 0 Å². The van der Waals surface area contributed by atoms with Crippen LogP contribution in [0, 0.1) is 0 Å². The summed E-state index contributed by atoms with van der Waals surface area (Å²) in [6.07, 6.45) is 4.31. The summed E-state index contributed by atoms with van der Waals surface area (Å²) in [7, 11) is 0. The predicted molar refractivity (Wildman–Crippen MR) is 92.1 cm³/mol. The van der Waals surface area contributed by atoms with Crippen LogP contribution in [0.15, 0.2) is 12.3 Å². The normalized spacial score (nSPS) is 22.5. The van der Waals surface area contributed by atoms with Gasteiger partial charge in [-0.05, 0) is 25.3 Å². The molecule has 8 nitrogen and oxygen atoms in total. The van der Waals surface area contributed by atoms with Crippen LogP contribution in [0.4, 0.5) is 4.79 Å². The summed E-state index contributed by atoms with van der Waals surface area (Å²) in [6.45, 7) is 5.61. The fourth-order valence-electron chi connectivity index (χ4n) is 3.49. The first kappa shape index (κ1) is 17.7. The standard InChI is InChI=1S/C17H27N5O3/c1-2-14(16(23)21-8-10-25-11-9-21)19-17(24)22-7-3-4-13(12-22)15-5-6-18-20-15/h5-6,13-14H,2-4,7-12H2,1H3,(H,18,20)(H,19,24)/t13-,14+/m0/s1. The minimum atomic E-state index is -0.474. The molecule has 25 heavy (non-hydrogen) atoms. The van der Waals surface area contributed by atoms with Gasteiger partial charge >= 0.3 is 6.03 Å².